The number of hydrogen-bond acceptors (Lipinski definition) is 4. The maximum absolute atomic E-state index is 11.8. The van der Waals surface area contributed by atoms with Gasteiger partial charge in [-0.25, -0.2) is 9.78 Å². The van der Waals surface area contributed by atoms with Crippen molar-refractivity contribution < 1.29 is 14.3 Å². The number of carbonyl (C=O) groups excluding carboxylic acids is 2. The second-order valence-corrected chi connectivity index (χ2v) is 5.81. The summed E-state index contributed by atoms with van der Waals surface area (Å²) in [5, 5.41) is 3.32. The highest BCUT2D eigenvalue weighted by Gasteiger charge is 2.23. The van der Waals surface area contributed by atoms with Crippen molar-refractivity contribution in [1.82, 2.24) is 10.3 Å². The highest BCUT2D eigenvalue weighted by molar-refractivity contribution is 6.30. The molecule has 5 nitrogen and oxygen atoms in total. The van der Waals surface area contributed by atoms with Gasteiger partial charge >= 0.3 is 5.97 Å². The number of aromatic nitrogens is 1. The Kier molecular flexibility index (Phi) is 5.56. The van der Waals surface area contributed by atoms with Gasteiger partial charge in [-0.15, -0.1) is 0 Å². The van der Waals surface area contributed by atoms with Gasteiger partial charge in [0.2, 0.25) is 0 Å². The third-order valence-electron chi connectivity index (χ3n) is 3.72. The van der Waals surface area contributed by atoms with Crippen molar-refractivity contribution in [2.24, 2.45) is 5.92 Å². The SMILES string of the molecule is C[C@@H]1CCCC[C@@H]1NC(=O)COC(=O)c1cc(Cl)ccn1. The second-order valence-electron chi connectivity index (χ2n) is 5.37. The van der Waals surface area contributed by atoms with Gasteiger partial charge in [-0.3, -0.25) is 4.79 Å². The molecule has 6 heteroatoms. The number of nitrogens with one attached hydrogen (secondary N) is 1. The zero-order valence-electron chi connectivity index (χ0n) is 12.0. The van der Waals surface area contributed by atoms with Crippen LogP contribution in [0.15, 0.2) is 18.3 Å². The van der Waals surface area contributed by atoms with Crippen LogP contribution in [0.3, 0.4) is 0 Å². The number of ether oxygens (including phenoxy) is 1. The van der Waals surface area contributed by atoms with Crippen LogP contribution in [-0.4, -0.2) is 29.5 Å². The molecule has 1 saturated carbocycles. The molecule has 1 heterocycles. The summed E-state index contributed by atoms with van der Waals surface area (Å²) >= 11 is 5.77. The molecule has 1 aliphatic carbocycles. The normalized spacial score (nSPS) is 21.6. The summed E-state index contributed by atoms with van der Waals surface area (Å²) < 4.78 is 4.95. The topological polar surface area (TPSA) is 68.3 Å². The Balaban J connectivity index is 1.79. The molecule has 1 fully saturated rings. The number of esters is 1. The van der Waals surface area contributed by atoms with E-state index in [2.05, 4.69) is 17.2 Å². The van der Waals surface area contributed by atoms with Crippen LogP contribution < -0.4 is 5.32 Å². The molecule has 114 valence electrons. The van der Waals surface area contributed by atoms with Crippen LogP contribution in [0.25, 0.3) is 0 Å². The summed E-state index contributed by atoms with van der Waals surface area (Å²) in [7, 11) is 0. The Hall–Kier alpha value is -1.62. The lowest BCUT2D eigenvalue weighted by molar-refractivity contribution is -0.125. The third kappa shape index (κ3) is 4.70. The summed E-state index contributed by atoms with van der Waals surface area (Å²) in [6.45, 7) is 1.84. The van der Waals surface area contributed by atoms with Gasteiger partial charge in [-0.05, 0) is 30.9 Å². The number of rotatable bonds is 4. The van der Waals surface area contributed by atoms with Crippen molar-refractivity contribution >= 4 is 23.5 Å². The molecule has 0 aromatic carbocycles. The summed E-state index contributed by atoms with van der Waals surface area (Å²) in [5.74, 6) is -0.457. The van der Waals surface area contributed by atoms with Gasteiger partial charge in [0.15, 0.2) is 6.61 Å². The third-order valence-corrected chi connectivity index (χ3v) is 3.96. The molecule has 1 amide bonds. The predicted molar refractivity (Wildman–Crippen MR) is 79.1 cm³/mol. The van der Waals surface area contributed by atoms with Gasteiger partial charge < -0.3 is 10.1 Å². The molecule has 0 aliphatic heterocycles. The Morgan fingerprint density at radius 2 is 2.19 bits per heavy atom. The quantitative estimate of drug-likeness (QED) is 0.868. The number of halogens is 1. The van der Waals surface area contributed by atoms with Crippen LogP contribution in [-0.2, 0) is 9.53 Å². The molecule has 1 aliphatic rings. The summed E-state index contributed by atoms with van der Waals surface area (Å²) in [6, 6.07) is 3.15. The summed E-state index contributed by atoms with van der Waals surface area (Å²) in [4.78, 5) is 27.4. The lowest BCUT2D eigenvalue weighted by atomic mass is 9.86. The molecule has 1 aromatic rings. The average molecular weight is 311 g/mol. The number of carbonyl (C=O) groups is 2. The fraction of sp³-hybridized carbons (Fsp3) is 0.533. The highest BCUT2D eigenvalue weighted by atomic mass is 35.5. The molecule has 0 spiro atoms. The summed E-state index contributed by atoms with van der Waals surface area (Å²) in [5.41, 5.74) is 0.0985. The average Bonchev–Trinajstić information content (AvgIpc) is 2.47. The van der Waals surface area contributed by atoms with Gasteiger partial charge in [0.25, 0.3) is 5.91 Å². The Labute approximate surface area is 129 Å². The van der Waals surface area contributed by atoms with Crippen LogP contribution in [0.5, 0.6) is 0 Å². The minimum absolute atomic E-state index is 0.0985. The fourth-order valence-corrected chi connectivity index (χ4v) is 2.66. The van der Waals surface area contributed by atoms with E-state index in [-0.39, 0.29) is 24.2 Å². The van der Waals surface area contributed by atoms with Gasteiger partial charge in [0, 0.05) is 17.3 Å². The molecular formula is C15H19ClN2O3. The van der Waals surface area contributed by atoms with Gasteiger partial charge in [-0.1, -0.05) is 31.4 Å². The minimum Gasteiger partial charge on any atom is -0.451 e. The maximum atomic E-state index is 11.8. The molecule has 2 atom stereocenters. The van der Waals surface area contributed by atoms with Crippen LogP contribution in [0.1, 0.15) is 43.1 Å². The van der Waals surface area contributed by atoms with E-state index in [0.717, 1.165) is 19.3 Å². The lowest BCUT2D eigenvalue weighted by Gasteiger charge is -2.29. The van der Waals surface area contributed by atoms with Crippen LogP contribution in [0.4, 0.5) is 0 Å². The van der Waals surface area contributed by atoms with Crippen LogP contribution >= 0.6 is 11.6 Å². The largest absolute Gasteiger partial charge is 0.451 e. The van der Waals surface area contributed by atoms with Gasteiger partial charge in [-0.2, -0.15) is 0 Å². The van der Waals surface area contributed by atoms with Crippen molar-refractivity contribution in [3.63, 3.8) is 0 Å². The van der Waals surface area contributed by atoms with E-state index in [1.807, 2.05) is 0 Å². The Bertz CT molecular complexity index is 521. The van der Waals surface area contributed by atoms with Crippen molar-refractivity contribution in [2.45, 2.75) is 38.6 Å². The van der Waals surface area contributed by atoms with Crippen molar-refractivity contribution in [3.05, 3.63) is 29.0 Å². The minimum atomic E-state index is -0.649. The van der Waals surface area contributed by atoms with Crippen molar-refractivity contribution in [2.75, 3.05) is 6.61 Å². The van der Waals surface area contributed by atoms with E-state index in [4.69, 9.17) is 16.3 Å². The first-order valence-corrected chi connectivity index (χ1v) is 7.52. The molecule has 1 aromatic heterocycles. The second kappa shape index (κ2) is 7.41. The molecule has 21 heavy (non-hydrogen) atoms. The Morgan fingerprint density at radius 1 is 1.43 bits per heavy atom. The van der Waals surface area contributed by atoms with E-state index in [0.29, 0.717) is 10.9 Å². The molecule has 1 N–H and O–H groups in total. The Morgan fingerprint density at radius 3 is 2.90 bits per heavy atom. The number of pyridine rings is 1. The van der Waals surface area contributed by atoms with Crippen molar-refractivity contribution in [3.8, 4) is 0 Å². The van der Waals surface area contributed by atoms with E-state index in [1.165, 1.54) is 18.7 Å². The fourth-order valence-electron chi connectivity index (χ4n) is 2.50. The standard InChI is InChI=1S/C15H19ClN2O3/c1-10-4-2-3-5-12(10)18-14(19)9-21-15(20)13-8-11(16)6-7-17-13/h6-8,10,12H,2-5,9H2,1H3,(H,18,19)/t10-,12+/m1/s1. The van der Waals surface area contributed by atoms with Crippen LogP contribution in [0.2, 0.25) is 5.02 Å². The van der Waals surface area contributed by atoms with E-state index in [1.54, 1.807) is 6.07 Å². The van der Waals surface area contributed by atoms with Gasteiger partial charge in [0.1, 0.15) is 5.69 Å². The number of amides is 1. The molecule has 2 rings (SSSR count). The highest BCUT2D eigenvalue weighted by Crippen LogP contribution is 2.23. The molecule has 0 radical (unpaired) electrons. The first-order chi connectivity index (χ1) is 10.1. The van der Waals surface area contributed by atoms with Crippen LogP contribution in [0, 0.1) is 5.92 Å². The predicted octanol–water partition coefficient (Wildman–Crippen LogP) is 2.59. The summed E-state index contributed by atoms with van der Waals surface area (Å²) in [6.07, 6.45) is 5.86. The van der Waals surface area contributed by atoms with Gasteiger partial charge in [0.05, 0.1) is 0 Å². The molecule has 0 saturated heterocycles. The number of hydrogen-bond donors (Lipinski definition) is 1. The molecule has 0 bridgehead atoms. The molecular weight excluding hydrogens is 292 g/mol. The first kappa shape index (κ1) is 15.8. The smallest absolute Gasteiger partial charge is 0.357 e. The van der Waals surface area contributed by atoms with Crippen molar-refractivity contribution in [1.29, 1.82) is 0 Å². The van der Waals surface area contributed by atoms with E-state index in [9.17, 15) is 9.59 Å². The lowest BCUT2D eigenvalue weighted by Crippen LogP contribution is -2.42. The van der Waals surface area contributed by atoms with E-state index >= 15 is 0 Å². The monoisotopic (exact) mass is 310 g/mol. The maximum Gasteiger partial charge on any atom is 0.357 e. The number of nitrogens with zero attached hydrogens (tertiary/aromatic N) is 1. The zero-order valence-corrected chi connectivity index (χ0v) is 12.7. The zero-order chi connectivity index (χ0) is 15.2. The molecule has 0 unspecified atom stereocenters. The first-order valence-electron chi connectivity index (χ1n) is 7.14. The van der Waals surface area contributed by atoms with E-state index < -0.39 is 5.97 Å².